The molecule has 1 fully saturated rings. The van der Waals surface area contributed by atoms with Crippen LogP contribution in [0.1, 0.15) is 18.4 Å². The lowest BCUT2D eigenvalue weighted by Crippen LogP contribution is -2.42. The molecular formula is C19H20ClF3N2O3S. The normalized spacial score (nSPS) is 16.0. The highest BCUT2D eigenvalue weighted by atomic mass is 35.5. The molecule has 1 saturated heterocycles. The van der Waals surface area contributed by atoms with Crippen molar-refractivity contribution >= 4 is 21.6 Å². The van der Waals surface area contributed by atoms with Crippen molar-refractivity contribution in [3.8, 4) is 16.9 Å². The molecule has 3 rings (SSSR count). The van der Waals surface area contributed by atoms with Gasteiger partial charge in [-0.3, -0.25) is 0 Å². The SMILES string of the molecule is COc1cc(C(F)(F)F)c(-c2ccccc2)c(Cl)c1S(=O)(=O)NC1CCNCC1. The highest BCUT2D eigenvalue weighted by Gasteiger charge is 2.39. The molecule has 0 spiro atoms. The number of halogens is 4. The third kappa shape index (κ3) is 4.69. The minimum Gasteiger partial charge on any atom is -0.495 e. The fraction of sp³-hybridized carbons (Fsp3) is 0.368. The number of alkyl halides is 3. The number of rotatable bonds is 5. The van der Waals surface area contributed by atoms with Gasteiger partial charge in [-0.15, -0.1) is 0 Å². The minimum absolute atomic E-state index is 0.158. The maximum Gasteiger partial charge on any atom is 0.417 e. The highest BCUT2D eigenvalue weighted by molar-refractivity contribution is 7.89. The first-order valence-electron chi connectivity index (χ1n) is 8.91. The molecule has 0 bridgehead atoms. The van der Waals surface area contributed by atoms with Gasteiger partial charge in [-0.2, -0.15) is 13.2 Å². The van der Waals surface area contributed by atoms with E-state index in [2.05, 4.69) is 10.0 Å². The van der Waals surface area contributed by atoms with Crippen LogP contribution in [0.2, 0.25) is 5.02 Å². The Balaban J connectivity index is 2.21. The van der Waals surface area contributed by atoms with Crippen LogP contribution in [0.5, 0.6) is 5.75 Å². The van der Waals surface area contributed by atoms with Gasteiger partial charge in [0.05, 0.1) is 17.7 Å². The van der Waals surface area contributed by atoms with E-state index in [1.54, 1.807) is 18.2 Å². The summed E-state index contributed by atoms with van der Waals surface area (Å²) in [6.07, 6.45) is -3.64. The van der Waals surface area contributed by atoms with Crippen LogP contribution in [0.15, 0.2) is 41.3 Å². The third-order valence-corrected chi connectivity index (χ3v) is 6.78. The summed E-state index contributed by atoms with van der Waals surface area (Å²) in [6.45, 7) is 1.28. The van der Waals surface area contributed by atoms with Gasteiger partial charge in [-0.1, -0.05) is 41.9 Å². The van der Waals surface area contributed by atoms with Crippen LogP contribution in [0, 0.1) is 0 Å². The Hall–Kier alpha value is -1.81. The van der Waals surface area contributed by atoms with Gasteiger partial charge in [0, 0.05) is 11.6 Å². The van der Waals surface area contributed by atoms with E-state index < -0.39 is 43.0 Å². The van der Waals surface area contributed by atoms with Crippen molar-refractivity contribution in [2.75, 3.05) is 20.2 Å². The standard InChI is InChI=1S/C19H20ClF3N2O3S/c1-28-15-11-14(19(21,22)23)16(12-5-3-2-4-6-12)17(20)18(15)29(26,27)25-13-7-9-24-10-8-13/h2-6,11,13,24-25H,7-10H2,1H3. The number of methoxy groups -OCH3 is 1. The second kappa shape index (κ2) is 8.51. The Labute approximate surface area is 172 Å². The van der Waals surface area contributed by atoms with Gasteiger partial charge in [-0.25, -0.2) is 13.1 Å². The molecule has 2 aromatic rings. The molecule has 0 atom stereocenters. The largest absolute Gasteiger partial charge is 0.495 e. The van der Waals surface area contributed by atoms with E-state index in [0.717, 1.165) is 7.11 Å². The zero-order valence-corrected chi connectivity index (χ0v) is 17.1. The van der Waals surface area contributed by atoms with Gasteiger partial charge in [0.15, 0.2) is 0 Å². The lowest BCUT2D eigenvalue weighted by Gasteiger charge is -2.25. The van der Waals surface area contributed by atoms with E-state index in [4.69, 9.17) is 16.3 Å². The van der Waals surface area contributed by atoms with E-state index in [1.807, 2.05) is 0 Å². The van der Waals surface area contributed by atoms with Crippen LogP contribution in [0.3, 0.4) is 0 Å². The Bertz CT molecular complexity index is 976. The average Bonchev–Trinajstić information content (AvgIpc) is 2.67. The first-order chi connectivity index (χ1) is 13.6. The first kappa shape index (κ1) is 21.9. The zero-order chi connectivity index (χ0) is 21.2. The molecule has 1 heterocycles. The highest BCUT2D eigenvalue weighted by Crippen LogP contribution is 2.47. The quantitative estimate of drug-likeness (QED) is 0.723. The van der Waals surface area contributed by atoms with Gasteiger partial charge < -0.3 is 10.1 Å². The molecule has 0 unspecified atom stereocenters. The van der Waals surface area contributed by atoms with Crippen molar-refractivity contribution in [3.05, 3.63) is 47.0 Å². The van der Waals surface area contributed by atoms with Crippen LogP contribution >= 0.6 is 11.6 Å². The number of piperidine rings is 1. The molecule has 5 nitrogen and oxygen atoms in total. The summed E-state index contributed by atoms with van der Waals surface area (Å²) in [5.41, 5.74) is -1.30. The maximum absolute atomic E-state index is 13.7. The summed E-state index contributed by atoms with van der Waals surface area (Å²) in [5.74, 6) is -0.455. The van der Waals surface area contributed by atoms with Crippen molar-refractivity contribution in [2.24, 2.45) is 0 Å². The molecule has 0 saturated carbocycles. The summed E-state index contributed by atoms with van der Waals surface area (Å²) in [7, 11) is -3.12. The van der Waals surface area contributed by atoms with Crippen molar-refractivity contribution in [3.63, 3.8) is 0 Å². The lowest BCUT2D eigenvalue weighted by atomic mass is 9.98. The summed E-state index contributed by atoms with van der Waals surface area (Å²) in [5, 5.41) is 2.59. The van der Waals surface area contributed by atoms with E-state index in [1.165, 1.54) is 12.1 Å². The van der Waals surface area contributed by atoms with Gasteiger partial charge >= 0.3 is 6.18 Å². The zero-order valence-electron chi connectivity index (χ0n) is 15.5. The number of sulfonamides is 1. The van der Waals surface area contributed by atoms with Crippen LogP contribution in [-0.2, 0) is 16.2 Å². The predicted octanol–water partition coefficient (Wildman–Crippen LogP) is 4.06. The Morgan fingerprint density at radius 3 is 2.34 bits per heavy atom. The molecule has 10 heteroatoms. The van der Waals surface area contributed by atoms with Gasteiger partial charge in [0.2, 0.25) is 10.0 Å². The first-order valence-corrected chi connectivity index (χ1v) is 10.8. The van der Waals surface area contributed by atoms with Crippen LogP contribution in [0.4, 0.5) is 13.2 Å². The van der Waals surface area contributed by atoms with Gasteiger partial charge in [0.1, 0.15) is 10.6 Å². The maximum atomic E-state index is 13.7. The molecule has 0 aromatic heterocycles. The summed E-state index contributed by atoms with van der Waals surface area (Å²) in [6, 6.07) is 7.98. The number of nitrogens with one attached hydrogen (secondary N) is 2. The molecule has 1 aliphatic heterocycles. The smallest absolute Gasteiger partial charge is 0.417 e. The summed E-state index contributed by atoms with van der Waals surface area (Å²) >= 11 is 6.33. The number of benzene rings is 2. The third-order valence-electron chi connectivity index (χ3n) is 4.70. The van der Waals surface area contributed by atoms with Gasteiger partial charge in [0.25, 0.3) is 0 Å². The number of hydrogen-bond acceptors (Lipinski definition) is 4. The molecule has 2 N–H and O–H groups in total. The van der Waals surface area contributed by atoms with E-state index >= 15 is 0 Å². The van der Waals surface area contributed by atoms with E-state index in [9.17, 15) is 21.6 Å². The van der Waals surface area contributed by atoms with Crippen molar-refractivity contribution in [1.82, 2.24) is 10.0 Å². The molecule has 0 amide bonds. The summed E-state index contributed by atoms with van der Waals surface area (Å²) in [4.78, 5) is -0.493. The Morgan fingerprint density at radius 2 is 1.79 bits per heavy atom. The van der Waals surface area contributed by atoms with E-state index in [0.29, 0.717) is 32.0 Å². The van der Waals surface area contributed by atoms with E-state index in [-0.39, 0.29) is 11.6 Å². The minimum atomic E-state index is -4.76. The Morgan fingerprint density at radius 1 is 1.17 bits per heavy atom. The second-order valence-corrected chi connectivity index (χ2v) is 8.68. The monoisotopic (exact) mass is 448 g/mol. The molecular weight excluding hydrogens is 429 g/mol. The molecule has 2 aromatic carbocycles. The van der Waals surface area contributed by atoms with Crippen molar-refractivity contribution in [2.45, 2.75) is 30.0 Å². The molecule has 158 valence electrons. The lowest BCUT2D eigenvalue weighted by molar-refractivity contribution is -0.137. The second-order valence-electron chi connectivity index (χ2n) is 6.65. The predicted molar refractivity (Wildman–Crippen MR) is 105 cm³/mol. The van der Waals surface area contributed by atoms with Crippen LogP contribution in [-0.4, -0.2) is 34.7 Å². The van der Waals surface area contributed by atoms with Gasteiger partial charge in [-0.05, 0) is 37.6 Å². The fourth-order valence-corrected chi connectivity index (χ4v) is 5.49. The summed E-state index contributed by atoms with van der Waals surface area (Å²) < 4.78 is 74.9. The molecule has 0 aliphatic carbocycles. The average molecular weight is 449 g/mol. The molecule has 1 aliphatic rings. The number of ether oxygens (including phenoxy) is 1. The van der Waals surface area contributed by atoms with Crippen LogP contribution in [0.25, 0.3) is 11.1 Å². The topological polar surface area (TPSA) is 67.4 Å². The van der Waals surface area contributed by atoms with Crippen molar-refractivity contribution in [1.29, 1.82) is 0 Å². The fourth-order valence-electron chi connectivity index (χ4n) is 3.34. The molecule has 0 radical (unpaired) electrons. The van der Waals surface area contributed by atoms with Crippen molar-refractivity contribution < 1.29 is 26.3 Å². The molecule has 29 heavy (non-hydrogen) atoms. The van der Waals surface area contributed by atoms with Crippen LogP contribution < -0.4 is 14.8 Å². The Kier molecular flexibility index (Phi) is 6.42. The number of hydrogen-bond donors (Lipinski definition) is 2.